The maximum absolute atomic E-state index is 6.00. The zero-order valence-corrected chi connectivity index (χ0v) is 13.9. The molecule has 1 aliphatic rings. The standard InChI is InChI=1S/C18H28O3/c1-14(19-12-15-9-7-6-8-10-15)11-17(2,3)16-13-20-18(4,5)21-16/h6-10,14,16H,11-13H2,1-5H3. The van der Waals surface area contributed by atoms with E-state index in [1.807, 2.05) is 32.0 Å². The minimum atomic E-state index is -0.462. The minimum absolute atomic E-state index is 0.0316. The van der Waals surface area contributed by atoms with Gasteiger partial charge in [0.1, 0.15) is 0 Å². The van der Waals surface area contributed by atoms with Gasteiger partial charge in [0.15, 0.2) is 5.79 Å². The molecule has 0 spiro atoms. The molecule has 3 nitrogen and oxygen atoms in total. The molecule has 2 unspecified atom stereocenters. The number of benzene rings is 1. The Hall–Kier alpha value is -0.900. The first kappa shape index (κ1) is 16.5. The Morgan fingerprint density at radius 2 is 1.95 bits per heavy atom. The molecule has 2 rings (SSSR count). The van der Waals surface area contributed by atoms with Crippen LogP contribution in [0.5, 0.6) is 0 Å². The van der Waals surface area contributed by atoms with Crippen LogP contribution < -0.4 is 0 Å². The molecule has 1 saturated heterocycles. The maximum Gasteiger partial charge on any atom is 0.163 e. The van der Waals surface area contributed by atoms with Crippen LogP contribution in [0.3, 0.4) is 0 Å². The lowest BCUT2D eigenvalue weighted by Crippen LogP contribution is -2.36. The van der Waals surface area contributed by atoms with E-state index in [2.05, 4.69) is 32.9 Å². The number of hydrogen-bond donors (Lipinski definition) is 0. The Morgan fingerprint density at radius 3 is 2.52 bits per heavy atom. The van der Waals surface area contributed by atoms with Gasteiger partial charge in [-0.15, -0.1) is 0 Å². The smallest absolute Gasteiger partial charge is 0.163 e. The molecule has 1 heterocycles. The molecule has 1 aromatic carbocycles. The summed E-state index contributed by atoms with van der Waals surface area (Å²) in [5.74, 6) is -0.462. The van der Waals surface area contributed by atoms with Crippen LogP contribution >= 0.6 is 0 Å². The van der Waals surface area contributed by atoms with Crippen molar-refractivity contribution in [2.24, 2.45) is 5.41 Å². The van der Waals surface area contributed by atoms with Crippen LogP contribution in [0, 0.1) is 5.41 Å². The van der Waals surface area contributed by atoms with Crippen molar-refractivity contribution in [2.75, 3.05) is 6.61 Å². The fourth-order valence-corrected chi connectivity index (χ4v) is 2.82. The van der Waals surface area contributed by atoms with Gasteiger partial charge >= 0.3 is 0 Å². The van der Waals surface area contributed by atoms with Crippen LogP contribution in [0.25, 0.3) is 0 Å². The van der Waals surface area contributed by atoms with E-state index in [0.29, 0.717) is 13.2 Å². The first-order chi connectivity index (χ1) is 9.78. The zero-order chi connectivity index (χ0) is 15.5. The van der Waals surface area contributed by atoms with Gasteiger partial charge in [0.2, 0.25) is 0 Å². The molecular formula is C18H28O3. The average molecular weight is 292 g/mol. The molecule has 3 heteroatoms. The van der Waals surface area contributed by atoms with Gasteiger partial charge in [-0.3, -0.25) is 0 Å². The Morgan fingerprint density at radius 1 is 1.29 bits per heavy atom. The highest BCUT2D eigenvalue weighted by Crippen LogP contribution is 2.37. The highest BCUT2D eigenvalue weighted by atomic mass is 16.7. The molecule has 1 aliphatic heterocycles. The SMILES string of the molecule is CC(CC(C)(C)C1COC(C)(C)O1)OCc1ccccc1. The van der Waals surface area contributed by atoms with Crippen molar-refractivity contribution in [1.82, 2.24) is 0 Å². The maximum atomic E-state index is 6.00. The quantitative estimate of drug-likeness (QED) is 0.788. The lowest BCUT2D eigenvalue weighted by Gasteiger charge is -2.33. The predicted molar refractivity (Wildman–Crippen MR) is 84.0 cm³/mol. The van der Waals surface area contributed by atoms with Crippen LogP contribution in [0.4, 0.5) is 0 Å². The summed E-state index contributed by atoms with van der Waals surface area (Å²) < 4.78 is 17.7. The Labute approximate surface area is 128 Å². The van der Waals surface area contributed by atoms with Crippen LogP contribution in [0.1, 0.15) is 46.6 Å². The number of ether oxygens (including phenoxy) is 3. The van der Waals surface area contributed by atoms with Gasteiger partial charge in [-0.1, -0.05) is 44.2 Å². The van der Waals surface area contributed by atoms with Gasteiger partial charge in [0, 0.05) is 0 Å². The van der Waals surface area contributed by atoms with Crippen molar-refractivity contribution in [3.63, 3.8) is 0 Å². The molecule has 0 aromatic heterocycles. The number of hydrogen-bond acceptors (Lipinski definition) is 3. The lowest BCUT2D eigenvalue weighted by molar-refractivity contribution is -0.154. The molecule has 1 aromatic rings. The molecule has 0 aliphatic carbocycles. The Balaban J connectivity index is 1.82. The molecule has 2 atom stereocenters. The van der Waals surface area contributed by atoms with Gasteiger partial charge in [-0.05, 0) is 38.2 Å². The van der Waals surface area contributed by atoms with Gasteiger partial charge in [-0.25, -0.2) is 0 Å². The average Bonchev–Trinajstić information content (AvgIpc) is 2.78. The van der Waals surface area contributed by atoms with Crippen LogP contribution in [-0.4, -0.2) is 24.6 Å². The fourth-order valence-electron chi connectivity index (χ4n) is 2.82. The highest BCUT2D eigenvalue weighted by Gasteiger charge is 2.42. The second-order valence-corrected chi connectivity index (χ2v) is 7.12. The molecule has 0 N–H and O–H groups in total. The Bertz CT molecular complexity index is 439. The molecule has 0 radical (unpaired) electrons. The fraction of sp³-hybridized carbons (Fsp3) is 0.667. The second kappa shape index (κ2) is 6.47. The molecule has 21 heavy (non-hydrogen) atoms. The molecule has 0 saturated carbocycles. The lowest BCUT2D eigenvalue weighted by atomic mass is 9.81. The largest absolute Gasteiger partial charge is 0.374 e. The summed E-state index contributed by atoms with van der Waals surface area (Å²) in [6, 6.07) is 10.3. The summed E-state index contributed by atoms with van der Waals surface area (Å²) >= 11 is 0. The third-order valence-electron chi connectivity index (χ3n) is 4.07. The van der Waals surface area contributed by atoms with Gasteiger partial charge in [-0.2, -0.15) is 0 Å². The van der Waals surface area contributed by atoms with Crippen molar-refractivity contribution in [2.45, 2.75) is 65.6 Å². The van der Waals surface area contributed by atoms with Crippen molar-refractivity contribution in [3.05, 3.63) is 35.9 Å². The molecule has 0 amide bonds. The highest BCUT2D eigenvalue weighted by molar-refractivity contribution is 5.13. The third kappa shape index (κ3) is 4.80. The normalized spacial score (nSPS) is 23.2. The van der Waals surface area contributed by atoms with E-state index in [9.17, 15) is 0 Å². The summed E-state index contributed by atoms with van der Waals surface area (Å²) in [7, 11) is 0. The minimum Gasteiger partial charge on any atom is -0.374 e. The van der Waals surface area contributed by atoms with E-state index < -0.39 is 5.79 Å². The topological polar surface area (TPSA) is 27.7 Å². The first-order valence-corrected chi connectivity index (χ1v) is 7.76. The van der Waals surface area contributed by atoms with Crippen LogP contribution in [0.15, 0.2) is 30.3 Å². The predicted octanol–water partition coefficient (Wildman–Crippen LogP) is 4.16. The van der Waals surface area contributed by atoms with Crippen molar-refractivity contribution in [1.29, 1.82) is 0 Å². The number of rotatable bonds is 6. The summed E-state index contributed by atoms with van der Waals surface area (Å²) in [6.45, 7) is 11.8. The molecule has 1 fully saturated rings. The van der Waals surface area contributed by atoms with Crippen molar-refractivity contribution < 1.29 is 14.2 Å². The van der Waals surface area contributed by atoms with E-state index in [0.717, 1.165) is 6.42 Å². The van der Waals surface area contributed by atoms with E-state index in [4.69, 9.17) is 14.2 Å². The second-order valence-electron chi connectivity index (χ2n) is 7.12. The summed E-state index contributed by atoms with van der Waals surface area (Å²) in [6.07, 6.45) is 1.26. The van der Waals surface area contributed by atoms with Gasteiger partial charge < -0.3 is 14.2 Å². The van der Waals surface area contributed by atoms with Crippen molar-refractivity contribution in [3.8, 4) is 0 Å². The van der Waals surface area contributed by atoms with E-state index in [1.165, 1.54) is 5.56 Å². The molecule has 0 bridgehead atoms. The summed E-state index contributed by atoms with van der Waals surface area (Å²) in [5, 5.41) is 0. The van der Waals surface area contributed by atoms with Gasteiger partial charge in [0.05, 0.1) is 25.4 Å². The van der Waals surface area contributed by atoms with Crippen molar-refractivity contribution >= 4 is 0 Å². The Kier molecular flexibility index (Phi) is 5.07. The molecule has 118 valence electrons. The first-order valence-electron chi connectivity index (χ1n) is 7.76. The summed E-state index contributed by atoms with van der Waals surface area (Å²) in [5.41, 5.74) is 1.24. The van der Waals surface area contributed by atoms with E-state index in [-0.39, 0.29) is 17.6 Å². The molecular weight excluding hydrogens is 264 g/mol. The van der Waals surface area contributed by atoms with E-state index in [1.54, 1.807) is 0 Å². The van der Waals surface area contributed by atoms with Crippen LogP contribution in [0.2, 0.25) is 0 Å². The zero-order valence-electron chi connectivity index (χ0n) is 13.9. The van der Waals surface area contributed by atoms with Gasteiger partial charge in [0.25, 0.3) is 0 Å². The third-order valence-corrected chi connectivity index (χ3v) is 4.07. The monoisotopic (exact) mass is 292 g/mol. The van der Waals surface area contributed by atoms with Crippen LogP contribution in [-0.2, 0) is 20.8 Å². The summed E-state index contributed by atoms with van der Waals surface area (Å²) in [4.78, 5) is 0. The van der Waals surface area contributed by atoms with E-state index >= 15 is 0 Å².